The molecule has 0 aliphatic carbocycles. The molecular weight excluding hydrogens is 245 g/mol. The molecule has 1 aromatic heterocycles. The number of hydrogen-bond acceptors (Lipinski definition) is 3. The number of rotatable bonds is 2. The molecule has 0 aliphatic heterocycles. The Balaban J connectivity index is 2.58. The highest BCUT2D eigenvalue weighted by Crippen LogP contribution is 2.32. The van der Waals surface area contributed by atoms with Crippen LogP contribution >= 0.6 is 0 Å². The second-order valence-corrected chi connectivity index (χ2v) is 3.83. The van der Waals surface area contributed by atoms with E-state index in [1.807, 2.05) is 6.92 Å². The van der Waals surface area contributed by atoms with Crippen molar-refractivity contribution in [3.8, 4) is 5.69 Å². The molecule has 0 amide bonds. The van der Waals surface area contributed by atoms with Gasteiger partial charge >= 0.3 is 6.18 Å². The molecule has 0 bridgehead atoms. The molecular formula is C11H11F3N4. The van der Waals surface area contributed by atoms with Crippen molar-refractivity contribution in [2.24, 2.45) is 5.73 Å². The number of aromatic nitrogens is 3. The van der Waals surface area contributed by atoms with Crippen LogP contribution in [0.4, 0.5) is 13.2 Å². The molecule has 0 unspecified atom stereocenters. The molecule has 4 nitrogen and oxygen atoms in total. The van der Waals surface area contributed by atoms with Gasteiger partial charge in [0.25, 0.3) is 0 Å². The fourth-order valence-corrected chi connectivity index (χ4v) is 1.60. The number of benzene rings is 1. The third-order valence-electron chi connectivity index (χ3n) is 2.48. The van der Waals surface area contributed by atoms with E-state index < -0.39 is 11.9 Å². The number of hydrogen-bond donors (Lipinski definition) is 1. The second kappa shape index (κ2) is 4.41. The SMILES string of the molecule is Cc1ccc(-n2nnc(CN)c2C(F)(F)F)cc1. The Kier molecular flexibility index (Phi) is 3.08. The van der Waals surface area contributed by atoms with Crippen molar-refractivity contribution in [2.45, 2.75) is 19.6 Å². The largest absolute Gasteiger partial charge is 0.435 e. The predicted molar refractivity (Wildman–Crippen MR) is 59.0 cm³/mol. The molecule has 2 N–H and O–H groups in total. The molecule has 0 fully saturated rings. The first-order valence-corrected chi connectivity index (χ1v) is 5.22. The average molecular weight is 256 g/mol. The number of halogens is 3. The Bertz CT molecular complexity index is 542. The molecule has 0 saturated carbocycles. The number of nitrogens with zero attached hydrogens (tertiary/aromatic N) is 3. The van der Waals surface area contributed by atoms with E-state index in [2.05, 4.69) is 10.3 Å². The minimum absolute atomic E-state index is 0.261. The lowest BCUT2D eigenvalue weighted by atomic mass is 10.2. The number of nitrogens with two attached hydrogens (primary N) is 1. The molecule has 0 spiro atoms. The van der Waals surface area contributed by atoms with Gasteiger partial charge in [0.05, 0.1) is 5.69 Å². The van der Waals surface area contributed by atoms with Gasteiger partial charge in [-0.15, -0.1) is 5.10 Å². The van der Waals surface area contributed by atoms with E-state index in [4.69, 9.17) is 5.73 Å². The van der Waals surface area contributed by atoms with Gasteiger partial charge in [-0.25, -0.2) is 4.68 Å². The van der Waals surface area contributed by atoms with Crippen LogP contribution in [0.5, 0.6) is 0 Å². The van der Waals surface area contributed by atoms with Crippen LogP contribution in [0, 0.1) is 6.92 Å². The summed E-state index contributed by atoms with van der Waals surface area (Å²) in [6.45, 7) is 1.54. The maximum Gasteiger partial charge on any atom is 0.435 e. The second-order valence-electron chi connectivity index (χ2n) is 3.83. The monoisotopic (exact) mass is 256 g/mol. The molecule has 18 heavy (non-hydrogen) atoms. The van der Waals surface area contributed by atoms with Gasteiger partial charge in [-0.2, -0.15) is 13.2 Å². The zero-order valence-electron chi connectivity index (χ0n) is 9.57. The fourth-order valence-electron chi connectivity index (χ4n) is 1.60. The molecule has 96 valence electrons. The summed E-state index contributed by atoms with van der Waals surface area (Å²) in [5.41, 5.74) is 5.32. The van der Waals surface area contributed by atoms with E-state index in [9.17, 15) is 13.2 Å². The van der Waals surface area contributed by atoms with Crippen LogP contribution in [-0.4, -0.2) is 15.0 Å². The third kappa shape index (κ3) is 2.21. The smallest absolute Gasteiger partial charge is 0.325 e. The van der Waals surface area contributed by atoms with Crippen LogP contribution in [0.25, 0.3) is 5.69 Å². The van der Waals surface area contributed by atoms with Gasteiger partial charge in [0.1, 0.15) is 5.69 Å². The van der Waals surface area contributed by atoms with Crippen molar-refractivity contribution in [3.05, 3.63) is 41.2 Å². The summed E-state index contributed by atoms with van der Waals surface area (Å²) >= 11 is 0. The van der Waals surface area contributed by atoms with Crippen LogP contribution in [-0.2, 0) is 12.7 Å². The average Bonchev–Trinajstić information content (AvgIpc) is 2.73. The van der Waals surface area contributed by atoms with E-state index in [1.54, 1.807) is 24.3 Å². The van der Waals surface area contributed by atoms with Crippen LogP contribution < -0.4 is 5.73 Å². The standard InChI is InChI=1S/C11H11F3N4/c1-7-2-4-8(5-3-7)18-10(11(12,13)14)9(6-15)16-17-18/h2-5H,6,15H2,1H3. The molecule has 7 heteroatoms. The van der Waals surface area contributed by atoms with Crippen molar-refractivity contribution >= 4 is 0 Å². The highest BCUT2D eigenvalue weighted by atomic mass is 19.4. The third-order valence-corrected chi connectivity index (χ3v) is 2.48. The summed E-state index contributed by atoms with van der Waals surface area (Å²) in [6, 6.07) is 6.53. The lowest BCUT2D eigenvalue weighted by Gasteiger charge is -2.10. The quantitative estimate of drug-likeness (QED) is 0.894. The van der Waals surface area contributed by atoms with Crippen LogP contribution in [0.1, 0.15) is 17.0 Å². The van der Waals surface area contributed by atoms with Gasteiger partial charge in [-0.05, 0) is 19.1 Å². The molecule has 0 radical (unpaired) electrons. The summed E-state index contributed by atoms with van der Waals surface area (Å²) in [4.78, 5) is 0. The first-order chi connectivity index (χ1) is 8.43. The molecule has 0 saturated heterocycles. The van der Waals surface area contributed by atoms with Crippen LogP contribution in [0.15, 0.2) is 24.3 Å². The predicted octanol–water partition coefficient (Wildman–Crippen LogP) is 2.05. The van der Waals surface area contributed by atoms with Crippen LogP contribution in [0.3, 0.4) is 0 Å². The Morgan fingerprint density at radius 1 is 1.22 bits per heavy atom. The highest BCUT2D eigenvalue weighted by molar-refractivity contribution is 5.36. The Hall–Kier alpha value is -1.89. The van der Waals surface area contributed by atoms with E-state index in [0.717, 1.165) is 10.2 Å². The summed E-state index contributed by atoms with van der Waals surface area (Å²) < 4.78 is 39.6. The van der Waals surface area contributed by atoms with Crippen molar-refractivity contribution in [1.82, 2.24) is 15.0 Å². The molecule has 0 atom stereocenters. The van der Waals surface area contributed by atoms with Gasteiger partial charge in [0.2, 0.25) is 0 Å². The normalized spacial score (nSPS) is 11.8. The van der Waals surface area contributed by atoms with Gasteiger partial charge in [0.15, 0.2) is 5.69 Å². The zero-order chi connectivity index (χ0) is 13.3. The van der Waals surface area contributed by atoms with Crippen LogP contribution in [0.2, 0.25) is 0 Å². The Morgan fingerprint density at radius 2 is 1.83 bits per heavy atom. The summed E-state index contributed by atoms with van der Waals surface area (Å²) in [7, 11) is 0. The number of alkyl halides is 3. The minimum Gasteiger partial charge on any atom is -0.325 e. The first-order valence-electron chi connectivity index (χ1n) is 5.22. The molecule has 1 aromatic carbocycles. The first kappa shape index (κ1) is 12.6. The molecule has 2 rings (SSSR count). The van der Waals surface area contributed by atoms with Gasteiger partial charge in [0, 0.05) is 6.54 Å². The number of aryl methyl sites for hydroxylation is 1. The van der Waals surface area contributed by atoms with Crippen molar-refractivity contribution in [1.29, 1.82) is 0 Å². The maximum atomic E-state index is 12.9. The van der Waals surface area contributed by atoms with Gasteiger partial charge in [-0.1, -0.05) is 22.9 Å². The van der Waals surface area contributed by atoms with Crippen molar-refractivity contribution in [2.75, 3.05) is 0 Å². The topological polar surface area (TPSA) is 56.7 Å². The highest BCUT2D eigenvalue weighted by Gasteiger charge is 2.39. The van der Waals surface area contributed by atoms with Crippen molar-refractivity contribution in [3.63, 3.8) is 0 Å². The van der Waals surface area contributed by atoms with E-state index >= 15 is 0 Å². The fraction of sp³-hybridized carbons (Fsp3) is 0.273. The molecule has 1 heterocycles. The van der Waals surface area contributed by atoms with Crippen molar-refractivity contribution < 1.29 is 13.2 Å². The van der Waals surface area contributed by atoms with Gasteiger partial charge < -0.3 is 5.73 Å². The molecule has 0 aliphatic rings. The zero-order valence-corrected chi connectivity index (χ0v) is 9.57. The summed E-state index contributed by atoms with van der Waals surface area (Å²) in [6.07, 6.45) is -4.54. The van der Waals surface area contributed by atoms with E-state index in [0.29, 0.717) is 5.69 Å². The maximum absolute atomic E-state index is 12.9. The summed E-state index contributed by atoms with van der Waals surface area (Å²) in [5, 5.41) is 6.99. The Morgan fingerprint density at radius 3 is 2.33 bits per heavy atom. The Labute approximate surface area is 101 Å². The lowest BCUT2D eigenvalue weighted by molar-refractivity contribution is -0.143. The van der Waals surface area contributed by atoms with E-state index in [-0.39, 0.29) is 12.2 Å². The molecule has 2 aromatic rings. The lowest BCUT2D eigenvalue weighted by Crippen LogP contribution is -2.16. The van der Waals surface area contributed by atoms with Gasteiger partial charge in [-0.3, -0.25) is 0 Å². The van der Waals surface area contributed by atoms with E-state index in [1.165, 1.54) is 0 Å². The minimum atomic E-state index is -4.54. The summed E-state index contributed by atoms with van der Waals surface area (Å²) in [5.74, 6) is 0.